The molecule has 24 heavy (non-hydrogen) atoms. The molecule has 0 aliphatic heterocycles. The second kappa shape index (κ2) is 6.72. The normalized spacial score (nSPS) is 10.4. The van der Waals surface area contributed by atoms with Crippen LogP contribution in [0.25, 0.3) is 11.3 Å². The molecule has 0 saturated carbocycles. The van der Waals surface area contributed by atoms with Crippen LogP contribution in [-0.2, 0) is 4.74 Å². The molecule has 0 atom stereocenters. The first-order valence-electron chi connectivity index (χ1n) is 7.29. The quantitative estimate of drug-likeness (QED) is 0.691. The molecule has 6 heteroatoms. The maximum atomic E-state index is 11.6. The molecule has 122 valence electrons. The van der Waals surface area contributed by atoms with Gasteiger partial charge in [-0.15, -0.1) is 11.3 Å². The van der Waals surface area contributed by atoms with Crippen molar-refractivity contribution in [2.45, 2.75) is 6.92 Å². The predicted octanol–water partition coefficient (Wildman–Crippen LogP) is 4.35. The highest BCUT2D eigenvalue weighted by molar-refractivity contribution is 7.16. The second-order valence-electron chi connectivity index (χ2n) is 5.17. The summed E-state index contributed by atoms with van der Waals surface area (Å²) in [5, 5.41) is 13.3. The molecule has 0 radical (unpaired) electrons. The van der Waals surface area contributed by atoms with Crippen LogP contribution in [0.2, 0.25) is 0 Å². The molecule has 2 aromatic carbocycles. The van der Waals surface area contributed by atoms with Gasteiger partial charge in [-0.05, 0) is 49.4 Å². The molecule has 0 aliphatic carbocycles. The van der Waals surface area contributed by atoms with Gasteiger partial charge in [0.25, 0.3) is 0 Å². The monoisotopic (exact) mass is 340 g/mol. The highest BCUT2D eigenvalue weighted by Gasteiger charge is 2.11. The zero-order valence-electron chi connectivity index (χ0n) is 13.2. The van der Waals surface area contributed by atoms with Crippen molar-refractivity contribution in [3.05, 3.63) is 59.0 Å². The third kappa shape index (κ3) is 3.38. The van der Waals surface area contributed by atoms with Gasteiger partial charge in [0.05, 0.1) is 18.4 Å². The summed E-state index contributed by atoms with van der Waals surface area (Å²) < 4.78 is 4.73. The summed E-state index contributed by atoms with van der Waals surface area (Å²) in [7, 11) is 1.36. The third-order valence-corrected chi connectivity index (χ3v) is 4.36. The number of nitrogens with one attached hydrogen (secondary N) is 1. The molecule has 1 heterocycles. The Morgan fingerprint density at radius 2 is 1.96 bits per heavy atom. The highest BCUT2D eigenvalue weighted by atomic mass is 32.1. The molecule has 0 unspecified atom stereocenters. The Bertz CT molecular complexity index is 872. The van der Waals surface area contributed by atoms with Crippen LogP contribution in [-0.4, -0.2) is 23.2 Å². The van der Waals surface area contributed by atoms with Gasteiger partial charge in [0.2, 0.25) is 0 Å². The number of hydrogen-bond acceptors (Lipinski definition) is 6. The molecular weight excluding hydrogens is 324 g/mol. The van der Waals surface area contributed by atoms with E-state index >= 15 is 0 Å². The first-order chi connectivity index (χ1) is 11.6. The molecule has 0 spiro atoms. The predicted molar refractivity (Wildman–Crippen MR) is 95.0 cm³/mol. The van der Waals surface area contributed by atoms with Gasteiger partial charge in [-0.25, -0.2) is 9.78 Å². The number of rotatable bonds is 4. The Kier molecular flexibility index (Phi) is 4.48. The van der Waals surface area contributed by atoms with E-state index in [0.717, 1.165) is 27.0 Å². The summed E-state index contributed by atoms with van der Waals surface area (Å²) in [6, 6.07) is 14.0. The number of carbonyl (C=O) groups excluding carboxylic acids is 1. The van der Waals surface area contributed by atoms with Crippen molar-refractivity contribution in [3.63, 3.8) is 0 Å². The summed E-state index contributed by atoms with van der Waals surface area (Å²) >= 11 is 1.53. The number of thiazole rings is 1. The van der Waals surface area contributed by atoms with Crippen LogP contribution in [0.5, 0.6) is 5.75 Å². The maximum Gasteiger partial charge on any atom is 0.337 e. The summed E-state index contributed by atoms with van der Waals surface area (Å²) in [5.41, 5.74) is 3.06. The molecule has 5 nitrogen and oxygen atoms in total. The van der Waals surface area contributed by atoms with Crippen molar-refractivity contribution < 1.29 is 14.6 Å². The highest BCUT2D eigenvalue weighted by Crippen LogP contribution is 2.32. The summed E-state index contributed by atoms with van der Waals surface area (Å²) in [6.07, 6.45) is 0. The minimum atomic E-state index is -0.376. The molecule has 3 rings (SSSR count). The van der Waals surface area contributed by atoms with Crippen molar-refractivity contribution >= 4 is 28.1 Å². The maximum absolute atomic E-state index is 11.6. The Morgan fingerprint density at radius 3 is 2.67 bits per heavy atom. The Labute approximate surface area is 143 Å². The molecule has 0 aliphatic rings. The van der Waals surface area contributed by atoms with Crippen LogP contribution in [0.15, 0.2) is 48.5 Å². The van der Waals surface area contributed by atoms with Crippen molar-refractivity contribution in [1.29, 1.82) is 0 Å². The van der Waals surface area contributed by atoms with Crippen molar-refractivity contribution in [2.24, 2.45) is 0 Å². The van der Waals surface area contributed by atoms with Crippen molar-refractivity contribution in [2.75, 3.05) is 12.4 Å². The molecule has 0 bridgehead atoms. The van der Waals surface area contributed by atoms with Gasteiger partial charge in [0, 0.05) is 16.1 Å². The summed E-state index contributed by atoms with van der Waals surface area (Å²) in [6.45, 7) is 2.00. The number of anilines is 2. The Hall–Kier alpha value is -2.86. The van der Waals surface area contributed by atoms with E-state index in [1.54, 1.807) is 30.3 Å². The number of hydrogen-bond donors (Lipinski definition) is 2. The Morgan fingerprint density at radius 1 is 1.21 bits per heavy atom. The number of benzene rings is 2. The number of aryl methyl sites for hydroxylation is 1. The van der Waals surface area contributed by atoms with Gasteiger partial charge in [-0.1, -0.05) is 6.07 Å². The van der Waals surface area contributed by atoms with E-state index in [4.69, 9.17) is 4.74 Å². The fourth-order valence-electron chi connectivity index (χ4n) is 2.30. The smallest absolute Gasteiger partial charge is 0.337 e. The van der Waals surface area contributed by atoms with Gasteiger partial charge in [-0.3, -0.25) is 0 Å². The summed E-state index contributed by atoms with van der Waals surface area (Å²) in [4.78, 5) is 17.3. The van der Waals surface area contributed by atoms with Crippen LogP contribution in [0.3, 0.4) is 0 Å². The number of phenols is 1. The molecular formula is C18H16N2O3S. The number of methoxy groups -OCH3 is 1. The van der Waals surface area contributed by atoms with Crippen LogP contribution in [0.4, 0.5) is 10.8 Å². The third-order valence-electron chi connectivity index (χ3n) is 3.47. The lowest BCUT2D eigenvalue weighted by Gasteiger charge is -2.04. The minimum absolute atomic E-state index is 0.226. The second-order valence-corrected chi connectivity index (χ2v) is 6.37. The van der Waals surface area contributed by atoms with E-state index in [-0.39, 0.29) is 11.7 Å². The molecule has 0 amide bonds. The van der Waals surface area contributed by atoms with Crippen LogP contribution >= 0.6 is 11.3 Å². The largest absolute Gasteiger partial charge is 0.508 e. The van der Waals surface area contributed by atoms with Crippen LogP contribution < -0.4 is 5.32 Å². The van der Waals surface area contributed by atoms with E-state index in [1.807, 2.05) is 25.1 Å². The number of esters is 1. The first kappa shape index (κ1) is 16.0. The van der Waals surface area contributed by atoms with E-state index in [1.165, 1.54) is 18.4 Å². The van der Waals surface area contributed by atoms with Gasteiger partial charge in [0.15, 0.2) is 5.13 Å². The number of nitrogens with zero attached hydrogens (tertiary/aromatic N) is 1. The zero-order chi connectivity index (χ0) is 17.1. The van der Waals surface area contributed by atoms with Gasteiger partial charge >= 0.3 is 5.97 Å². The van der Waals surface area contributed by atoms with E-state index < -0.39 is 0 Å². The molecule has 0 fully saturated rings. The van der Waals surface area contributed by atoms with Gasteiger partial charge < -0.3 is 15.2 Å². The number of phenolic OH excluding ortho intramolecular Hbond substituents is 1. The SMILES string of the molecule is COC(=O)c1cccc(Nc2nc(-c3ccc(O)cc3)c(C)s2)c1. The van der Waals surface area contributed by atoms with E-state index in [2.05, 4.69) is 10.3 Å². The molecule has 0 saturated heterocycles. The van der Waals surface area contributed by atoms with Crippen LogP contribution in [0.1, 0.15) is 15.2 Å². The number of aromatic hydroxyl groups is 1. The number of ether oxygens (including phenoxy) is 1. The average molecular weight is 340 g/mol. The standard InChI is InChI=1S/C18H16N2O3S/c1-11-16(12-6-8-15(21)9-7-12)20-18(24-11)19-14-5-3-4-13(10-14)17(22)23-2/h3-10,21H,1-2H3,(H,19,20). The zero-order valence-corrected chi connectivity index (χ0v) is 14.1. The lowest BCUT2D eigenvalue weighted by atomic mass is 10.1. The minimum Gasteiger partial charge on any atom is -0.508 e. The van der Waals surface area contributed by atoms with E-state index in [9.17, 15) is 9.90 Å². The lowest BCUT2D eigenvalue weighted by molar-refractivity contribution is 0.0601. The fourth-order valence-corrected chi connectivity index (χ4v) is 3.16. The number of aromatic nitrogens is 1. The van der Waals surface area contributed by atoms with Crippen molar-refractivity contribution in [1.82, 2.24) is 4.98 Å². The topological polar surface area (TPSA) is 71.5 Å². The molecule has 1 aromatic heterocycles. The van der Waals surface area contributed by atoms with Crippen LogP contribution in [0, 0.1) is 6.92 Å². The van der Waals surface area contributed by atoms with E-state index in [0.29, 0.717) is 5.56 Å². The Balaban J connectivity index is 1.85. The first-order valence-corrected chi connectivity index (χ1v) is 8.10. The molecule has 3 aromatic rings. The summed E-state index contributed by atoms with van der Waals surface area (Å²) in [5.74, 6) is -0.150. The fraction of sp³-hybridized carbons (Fsp3) is 0.111. The molecule has 2 N–H and O–H groups in total. The van der Waals surface area contributed by atoms with Crippen molar-refractivity contribution in [3.8, 4) is 17.0 Å². The van der Waals surface area contributed by atoms with Gasteiger partial charge in [0.1, 0.15) is 5.75 Å². The average Bonchev–Trinajstić information content (AvgIpc) is 2.95. The van der Waals surface area contributed by atoms with Gasteiger partial charge in [-0.2, -0.15) is 0 Å². The number of carbonyl (C=O) groups is 1. The lowest BCUT2D eigenvalue weighted by Crippen LogP contribution is -2.01.